The van der Waals surface area contributed by atoms with Gasteiger partial charge in [0.15, 0.2) is 17.3 Å². The minimum Gasteiger partial charge on any atom is -0.493 e. The van der Waals surface area contributed by atoms with E-state index in [0.29, 0.717) is 24.5 Å². The SMILES string of the molecule is CC=CC(=O)Cc1ccc(OCC)c(OC)c1. The minimum absolute atomic E-state index is 0.0821. The van der Waals surface area contributed by atoms with Gasteiger partial charge < -0.3 is 9.47 Å². The molecule has 3 heteroatoms. The van der Waals surface area contributed by atoms with E-state index in [1.807, 2.05) is 32.0 Å². The lowest BCUT2D eigenvalue weighted by molar-refractivity contribution is -0.114. The third-order valence-electron chi connectivity index (χ3n) is 2.26. The van der Waals surface area contributed by atoms with Crippen LogP contribution in [0.4, 0.5) is 0 Å². The van der Waals surface area contributed by atoms with E-state index >= 15 is 0 Å². The Hall–Kier alpha value is -1.77. The van der Waals surface area contributed by atoms with Crippen molar-refractivity contribution in [2.24, 2.45) is 0 Å². The lowest BCUT2D eigenvalue weighted by Crippen LogP contribution is -2.00. The molecular formula is C14H18O3. The number of hydrogen-bond donors (Lipinski definition) is 0. The van der Waals surface area contributed by atoms with E-state index < -0.39 is 0 Å². The number of hydrogen-bond acceptors (Lipinski definition) is 3. The molecule has 0 saturated carbocycles. The number of benzene rings is 1. The highest BCUT2D eigenvalue weighted by molar-refractivity contribution is 5.91. The fraction of sp³-hybridized carbons (Fsp3) is 0.357. The van der Waals surface area contributed by atoms with Gasteiger partial charge in [0.1, 0.15) is 0 Å². The Morgan fingerprint density at radius 3 is 2.71 bits per heavy atom. The highest BCUT2D eigenvalue weighted by atomic mass is 16.5. The fourth-order valence-electron chi connectivity index (χ4n) is 1.54. The molecule has 0 aromatic heterocycles. The van der Waals surface area contributed by atoms with Gasteiger partial charge in [-0.05, 0) is 37.6 Å². The molecule has 1 rings (SSSR count). The predicted molar refractivity (Wildman–Crippen MR) is 67.7 cm³/mol. The van der Waals surface area contributed by atoms with Crippen LogP contribution in [0.25, 0.3) is 0 Å². The molecule has 3 nitrogen and oxygen atoms in total. The van der Waals surface area contributed by atoms with E-state index in [2.05, 4.69) is 0 Å². The van der Waals surface area contributed by atoms with Gasteiger partial charge in [0, 0.05) is 6.42 Å². The molecule has 0 heterocycles. The van der Waals surface area contributed by atoms with Crippen LogP contribution < -0.4 is 9.47 Å². The molecule has 0 saturated heterocycles. The van der Waals surface area contributed by atoms with Crippen molar-refractivity contribution < 1.29 is 14.3 Å². The summed E-state index contributed by atoms with van der Waals surface area (Å²) in [4.78, 5) is 11.5. The van der Waals surface area contributed by atoms with E-state index in [1.54, 1.807) is 19.3 Å². The van der Waals surface area contributed by atoms with Gasteiger partial charge in [-0.25, -0.2) is 0 Å². The Balaban J connectivity index is 2.85. The maximum atomic E-state index is 11.5. The van der Waals surface area contributed by atoms with Crippen LogP contribution in [0, 0.1) is 0 Å². The van der Waals surface area contributed by atoms with Crippen molar-refractivity contribution in [2.45, 2.75) is 20.3 Å². The number of carbonyl (C=O) groups excluding carboxylic acids is 1. The maximum Gasteiger partial charge on any atom is 0.161 e. The van der Waals surface area contributed by atoms with E-state index in [9.17, 15) is 4.79 Å². The summed E-state index contributed by atoms with van der Waals surface area (Å²) in [5.74, 6) is 1.45. The molecule has 0 bridgehead atoms. The summed E-state index contributed by atoms with van der Waals surface area (Å²) in [5, 5.41) is 0. The van der Waals surface area contributed by atoms with Crippen molar-refractivity contribution >= 4 is 5.78 Å². The van der Waals surface area contributed by atoms with Crippen molar-refractivity contribution in [1.82, 2.24) is 0 Å². The van der Waals surface area contributed by atoms with Gasteiger partial charge in [-0.15, -0.1) is 0 Å². The normalized spacial score (nSPS) is 10.5. The van der Waals surface area contributed by atoms with Crippen molar-refractivity contribution in [1.29, 1.82) is 0 Å². The topological polar surface area (TPSA) is 35.5 Å². The quantitative estimate of drug-likeness (QED) is 0.710. The van der Waals surface area contributed by atoms with Crippen LogP contribution in [0.5, 0.6) is 11.5 Å². The first-order valence-electron chi connectivity index (χ1n) is 5.66. The lowest BCUT2D eigenvalue weighted by Gasteiger charge is -2.10. The van der Waals surface area contributed by atoms with Gasteiger partial charge in [-0.3, -0.25) is 4.79 Å². The molecule has 0 spiro atoms. The van der Waals surface area contributed by atoms with Gasteiger partial charge in [0.25, 0.3) is 0 Å². The first kappa shape index (κ1) is 13.3. The Kier molecular flexibility index (Phi) is 5.27. The molecule has 0 aliphatic heterocycles. The first-order chi connectivity index (χ1) is 8.21. The third-order valence-corrected chi connectivity index (χ3v) is 2.26. The van der Waals surface area contributed by atoms with Crippen LogP contribution in [0.3, 0.4) is 0 Å². The fourth-order valence-corrected chi connectivity index (χ4v) is 1.54. The van der Waals surface area contributed by atoms with E-state index in [1.165, 1.54) is 0 Å². The third kappa shape index (κ3) is 3.94. The molecule has 0 N–H and O–H groups in total. The highest BCUT2D eigenvalue weighted by Crippen LogP contribution is 2.28. The Morgan fingerprint density at radius 1 is 1.35 bits per heavy atom. The van der Waals surface area contributed by atoms with Crippen molar-refractivity contribution in [3.63, 3.8) is 0 Å². The summed E-state index contributed by atoms with van der Waals surface area (Å²) in [6.45, 7) is 4.34. The second-order valence-electron chi connectivity index (χ2n) is 3.56. The Labute approximate surface area is 102 Å². The average molecular weight is 234 g/mol. The summed E-state index contributed by atoms with van der Waals surface area (Å²) in [7, 11) is 1.59. The molecule has 0 aliphatic carbocycles. The summed E-state index contributed by atoms with van der Waals surface area (Å²) in [5.41, 5.74) is 0.924. The van der Waals surface area contributed by atoms with Gasteiger partial charge in [-0.1, -0.05) is 12.1 Å². The molecule has 1 aromatic carbocycles. The largest absolute Gasteiger partial charge is 0.493 e. The zero-order valence-corrected chi connectivity index (χ0v) is 10.5. The second-order valence-corrected chi connectivity index (χ2v) is 3.56. The molecule has 0 aliphatic rings. The number of rotatable bonds is 6. The molecule has 92 valence electrons. The summed E-state index contributed by atoms with van der Waals surface area (Å²) >= 11 is 0. The smallest absolute Gasteiger partial charge is 0.161 e. The number of ether oxygens (including phenoxy) is 2. The number of carbonyl (C=O) groups is 1. The number of allylic oxidation sites excluding steroid dienone is 2. The van der Waals surface area contributed by atoms with Gasteiger partial charge >= 0.3 is 0 Å². The monoisotopic (exact) mass is 234 g/mol. The molecule has 17 heavy (non-hydrogen) atoms. The minimum atomic E-state index is 0.0821. The zero-order valence-electron chi connectivity index (χ0n) is 10.5. The van der Waals surface area contributed by atoms with Crippen LogP contribution in [0.1, 0.15) is 19.4 Å². The average Bonchev–Trinajstić information content (AvgIpc) is 2.31. The van der Waals surface area contributed by atoms with Crippen molar-refractivity contribution in [2.75, 3.05) is 13.7 Å². The van der Waals surface area contributed by atoms with Crippen LogP contribution in [0.15, 0.2) is 30.4 Å². The van der Waals surface area contributed by atoms with E-state index in [4.69, 9.17) is 9.47 Å². The second kappa shape index (κ2) is 6.74. The Bertz CT molecular complexity index is 408. The maximum absolute atomic E-state index is 11.5. The van der Waals surface area contributed by atoms with Crippen molar-refractivity contribution in [3.8, 4) is 11.5 Å². The first-order valence-corrected chi connectivity index (χ1v) is 5.66. The molecule has 0 unspecified atom stereocenters. The molecular weight excluding hydrogens is 216 g/mol. The van der Waals surface area contributed by atoms with Gasteiger partial charge in [0.05, 0.1) is 13.7 Å². The lowest BCUT2D eigenvalue weighted by atomic mass is 10.1. The summed E-state index contributed by atoms with van der Waals surface area (Å²) in [6.07, 6.45) is 3.70. The number of ketones is 1. The molecule has 0 atom stereocenters. The molecule has 0 amide bonds. The standard InChI is InChI=1S/C14H18O3/c1-4-6-12(15)9-11-7-8-13(17-5-2)14(10-11)16-3/h4,6-8,10H,5,9H2,1-3H3. The van der Waals surface area contributed by atoms with Gasteiger partial charge in [-0.2, -0.15) is 0 Å². The van der Waals surface area contributed by atoms with Crippen molar-refractivity contribution in [3.05, 3.63) is 35.9 Å². The summed E-state index contributed by atoms with van der Waals surface area (Å²) in [6, 6.07) is 5.56. The van der Waals surface area contributed by atoms with Crippen LogP contribution in [-0.4, -0.2) is 19.5 Å². The van der Waals surface area contributed by atoms with Crippen LogP contribution in [0.2, 0.25) is 0 Å². The van der Waals surface area contributed by atoms with Crippen LogP contribution >= 0.6 is 0 Å². The van der Waals surface area contributed by atoms with E-state index in [-0.39, 0.29) is 5.78 Å². The zero-order chi connectivity index (χ0) is 12.7. The molecule has 0 radical (unpaired) electrons. The molecule has 0 fully saturated rings. The Morgan fingerprint density at radius 2 is 2.12 bits per heavy atom. The number of methoxy groups -OCH3 is 1. The highest BCUT2D eigenvalue weighted by Gasteiger charge is 2.07. The molecule has 1 aromatic rings. The van der Waals surface area contributed by atoms with E-state index in [0.717, 1.165) is 5.56 Å². The summed E-state index contributed by atoms with van der Waals surface area (Å²) < 4.78 is 10.6. The van der Waals surface area contributed by atoms with Crippen LogP contribution in [-0.2, 0) is 11.2 Å². The predicted octanol–water partition coefficient (Wildman–Crippen LogP) is 2.78. The van der Waals surface area contributed by atoms with Gasteiger partial charge in [0.2, 0.25) is 0 Å².